The smallest absolute Gasteiger partial charge is 0.135 e. The summed E-state index contributed by atoms with van der Waals surface area (Å²) in [7, 11) is 2.05. The van der Waals surface area contributed by atoms with E-state index in [1.54, 1.807) is 0 Å². The molecule has 1 aromatic heterocycles. The first-order chi connectivity index (χ1) is 7.81. The maximum absolute atomic E-state index is 4.24. The second-order valence-corrected chi connectivity index (χ2v) is 5.16. The summed E-state index contributed by atoms with van der Waals surface area (Å²) in [5.74, 6) is 2.82. The van der Waals surface area contributed by atoms with Gasteiger partial charge in [-0.05, 0) is 31.6 Å². The average Bonchev–Trinajstić information content (AvgIpc) is 2.74. The highest BCUT2D eigenvalue weighted by Crippen LogP contribution is 2.36. The quantitative estimate of drug-likeness (QED) is 0.781. The highest BCUT2D eigenvalue weighted by molar-refractivity contribution is 4.97. The Morgan fingerprint density at radius 2 is 2.06 bits per heavy atom. The van der Waals surface area contributed by atoms with Crippen molar-refractivity contribution in [2.24, 2.45) is 13.0 Å². The molecular formula is C13H23N3. The van der Waals surface area contributed by atoms with Crippen molar-refractivity contribution in [3.8, 4) is 0 Å². The summed E-state index contributed by atoms with van der Waals surface area (Å²) >= 11 is 0. The van der Waals surface area contributed by atoms with E-state index in [-0.39, 0.29) is 0 Å². The zero-order valence-corrected chi connectivity index (χ0v) is 10.5. The Hall–Kier alpha value is -0.860. The summed E-state index contributed by atoms with van der Waals surface area (Å²) < 4.78 is 2.08. The van der Waals surface area contributed by atoms with Crippen LogP contribution in [0.5, 0.6) is 0 Å². The van der Waals surface area contributed by atoms with Crippen LogP contribution in [0, 0.1) is 5.92 Å². The van der Waals surface area contributed by atoms with Crippen LogP contribution in [0.3, 0.4) is 0 Å². The molecule has 0 aromatic carbocycles. The molecule has 0 bridgehead atoms. The van der Waals surface area contributed by atoms with E-state index in [4.69, 9.17) is 0 Å². The molecular weight excluding hydrogens is 198 g/mol. The highest BCUT2D eigenvalue weighted by atomic mass is 15.2. The molecule has 0 radical (unpaired) electrons. The molecule has 1 aliphatic rings. The highest BCUT2D eigenvalue weighted by Gasteiger charge is 2.24. The van der Waals surface area contributed by atoms with E-state index in [0.717, 1.165) is 5.92 Å². The lowest BCUT2D eigenvalue weighted by molar-refractivity contribution is 0.296. The molecule has 0 aliphatic heterocycles. The third-order valence-electron chi connectivity index (χ3n) is 3.92. The standard InChI is InChI=1S/C13H23N3/c1-3-4-5-11-6-8-12(9-7-11)13-15-14-10-16(13)2/h10-12H,3-9H2,1-2H3. The predicted octanol–water partition coefficient (Wildman–Crippen LogP) is 3.28. The molecule has 1 heterocycles. The van der Waals surface area contributed by atoms with Crippen LogP contribution in [0.1, 0.15) is 63.6 Å². The van der Waals surface area contributed by atoms with Gasteiger partial charge in [0.25, 0.3) is 0 Å². The van der Waals surface area contributed by atoms with Crippen LogP contribution in [0.4, 0.5) is 0 Å². The fraction of sp³-hybridized carbons (Fsp3) is 0.846. The number of aryl methyl sites for hydroxylation is 1. The molecule has 16 heavy (non-hydrogen) atoms. The van der Waals surface area contributed by atoms with Crippen LogP contribution in [-0.4, -0.2) is 14.8 Å². The number of hydrogen-bond acceptors (Lipinski definition) is 2. The fourth-order valence-corrected chi connectivity index (χ4v) is 2.86. The Morgan fingerprint density at radius 3 is 2.62 bits per heavy atom. The summed E-state index contributed by atoms with van der Waals surface area (Å²) in [4.78, 5) is 0. The van der Waals surface area contributed by atoms with Crippen molar-refractivity contribution in [1.82, 2.24) is 14.8 Å². The molecule has 0 spiro atoms. The van der Waals surface area contributed by atoms with Crippen LogP contribution in [0.25, 0.3) is 0 Å². The van der Waals surface area contributed by atoms with Crippen molar-refractivity contribution in [3.05, 3.63) is 12.2 Å². The summed E-state index contributed by atoms with van der Waals surface area (Å²) in [5.41, 5.74) is 0. The molecule has 0 saturated heterocycles. The SMILES string of the molecule is CCCCC1CCC(c2nncn2C)CC1. The van der Waals surface area contributed by atoms with E-state index < -0.39 is 0 Å². The topological polar surface area (TPSA) is 30.7 Å². The van der Waals surface area contributed by atoms with E-state index in [0.29, 0.717) is 5.92 Å². The Labute approximate surface area is 98.3 Å². The molecule has 90 valence electrons. The van der Waals surface area contributed by atoms with Gasteiger partial charge in [0.2, 0.25) is 0 Å². The lowest BCUT2D eigenvalue weighted by atomic mass is 9.79. The molecule has 3 heteroatoms. The van der Waals surface area contributed by atoms with Crippen molar-refractivity contribution in [1.29, 1.82) is 0 Å². The number of unbranched alkanes of at least 4 members (excludes halogenated alkanes) is 1. The number of hydrogen-bond donors (Lipinski definition) is 0. The van der Waals surface area contributed by atoms with Crippen LogP contribution >= 0.6 is 0 Å². The first kappa shape index (κ1) is 11.6. The normalized spacial score (nSPS) is 25.9. The average molecular weight is 221 g/mol. The zero-order valence-electron chi connectivity index (χ0n) is 10.5. The first-order valence-corrected chi connectivity index (χ1v) is 6.65. The van der Waals surface area contributed by atoms with E-state index >= 15 is 0 Å². The predicted molar refractivity (Wildman–Crippen MR) is 65.2 cm³/mol. The summed E-state index contributed by atoms with van der Waals surface area (Å²) in [6, 6.07) is 0. The molecule has 0 amide bonds. The molecule has 2 rings (SSSR count). The molecule has 1 saturated carbocycles. The maximum Gasteiger partial charge on any atom is 0.135 e. The Balaban J connectivity index is 1.83. The van der Waals surface area contributed by atoms with Crippen LogP contribution in [0.2, 0.25) is 0 Å². The third-order valence-corrected chi connectivity index (χ3v) is 3.92. The van der Waals surface area contributed by atoms with Crippen molar-refractivity contribution < 1.29 is 0 Å². The minimum Gasteiger partial charge on any atom is -0.320 e. The first-order valence-electron chi connectivity index (χ1n) is 6.65. The maximum atomic E-state index is 4.24. The minimum atomic E-state index is 0.658. The van der Waals surface area contributed by atoms with Gasteiger partial charge in [-0.25, -0.2) is 0 Å². The van der Waals surface area contributed by atoms with Crippen LogP contribution in [0.15, 0.2) is 6.33 Å². The zero-order chi connectivity index (χ0) is 11.4. The summed E-state index contributed by atoms with van der Waals surface area (Å²) in [6.45, 7) is 2.28. The van der Waals surface area contributed by atoms with Crippen molar-refractivity contribution in [2.75, 3.05) is 0 Å². The molecule has 0 unspecified atom stereocenters. The van der Waals surface area contributed by atoms with Crippen LogP contribution < -0.4 is 0 Å². The van der Waals surface area contributed by atoms with Crippen molar-refractivity contribution >= 4 is 0 Å². The van der Waals surface area contributed by atoms with Gasteiger partial charge in [-0.15, -0.1) is 10.2 Å². The van der Waals surface area contributed by atoms with Gasteiger partial charge in [0.15, 0.2) is 0 Å². The van der Waals surface area contributed by atoms with Gasteiger partial charge in [0.1, 0.15) is 12.2 Å². The van der Waals surface area contributed by atoms with Crippen molar-refractivity contribution in [3.63, 3.8) is 0 Å². The number of nitrogens with zero attached hydrogens (tertiary/aromatic N) is 3. The second-order valence-electron chi connectivity index (χ2n) is 5.16. The molecule has 1 fully saturated rings. The van der Waals surface area contributed by atoms with Gasteiger partial charge < -0.3 is 4.57 Å². The molecule has 1 aliphatic carbocycles. The third kappa shape index (κ3) is 2.63. The fourth-order valence-electron chi connectivity index (χ4n) is 2.86. The summed E-state index contributed by atoms with van der Waals surface area (Å²) in [6.07, 6.45) is 11.4. The lowest BCUT2D eigenvalue weighted by Crippen LogP contribution is -2.16. The monoisotopic (exact) mass is 221 g/mol. The van der Waals surface area contributed by atoms with Gasteiger partial charge >= 0.3 is 0 Å². The van der Waals surface area contributed by atoms with E-state index in [1.165, 1.54) is 50.8 Å². The van der Waals surface area contributed by atoms with Gasteiger partial charge in [-0.2, -0.15) is 0 Å². The molecule has 0 N–H and O–H groups in total. The minimum absolute atomic E-state index is 0.658. The largest absolute Gasteiger partial charge is 0.320 e. The lowest BCUT2D eigenvalue weighted by Gasteiger charge is -2.27. The van der Waals surface area contributed by atoms with E-state index in [9.17, 15) is 0 Å². The molecule has 0 atom stereocenters. The van der Waals surface area contributed by atoms with Gasteiger partial charge in [0.05, 0.1) is 0 Å². The number of rotatable bonds is 4. The Kier molecular flexibility index (Phi) is 3.97. The number of aromatic nitrogens is 3. The van der Waals surface area contributed by atoms with Gasteiger partial charge in [-0.1, -0.05) is 26.2 Å². The second kappa shape index (κ2) is 5.46. The van der Waals surface area contributed by atoms with E-state index in [2.05, 4.69) is 28.7 Å². The van der Waals surface area contributed by atoms with E-state index in [1.807, 2.05) is 6.33 Å². The molecule has 1 aromatic rings. The van der Waals surface area contributed by atoms with Crippen LogP contribution in [-0.2, 0) is 7.05 Å². The van der Waals surface area contributed by atoms with Crippen molar-refractivity contribution in [2.45, 2.75) is 57.8 Å². The van der Waals surface area contributed by atoms with Gasteiger partial charge in [0, 0.05) is 13.0 Å². The summed E-state index contributed by atoms with van der Waals surface area (Å²) in [5, 5.41) is 8.22. The van der Waals surface area contributed by atoms with Gasteiger partial charge in [-0.3, -0.25) is 0 Å². The Morgan fingerprint density at radius 1 is 1.31 bits per heavy atom. The Bertz CT molecular complexity index is 311. The molecule has 3 nitrogen and oxygen atoms in total.